The van der Waals surface area contributed by atoms with E-state index in [2.05, 4.69) is 10.4 Å². The molecule has 0 saturated heterocycles. The van der Waals surface area contributed by atoms with E-state index < -0.39 is 17.4 Å². The van der Waals surface area contributed by atoms with Crippen molar-refractivity contribution in [3.05, 3.63) is 74.5 Å². The Hall–Kier alpha value is -4.64. The van der Waals surface area contributed by atoms with Gasteiger partial charge < -0.3 is 24.3 Å². The summed E-state index contributed by atoms with van der Waals surface area (Å²) in [6.45, 7) is 5.71. The normalized spacial score (nSPS) is 11.1. The predicted octanol–water partition coefficient (Wildman–Crippen LogP) is 4.92. The summed E-state index contributed by atoms with van der Waals surface area (Å²) in [7, 11) is 4.51. The van der Waals surface area contributed by atoms with E-state index in [0.717, 1.165) is 27.1 Å². The molecule has 0 radical (unpaired) electrons. The summed E-state index contributed by atoms with van der Waals surface area (Å²) in [5, 5.41) is 9.48. The Labute approximate surface area is 234 Å². The molecule has 0 spiro atoms. The number of hydrogen-bond donors (Lipinski definition) is 1. The largest absolute Gasteiger partial charge is 0.493 e. The van der Waals surface area contributed by atoms with Gasteiger partial charge in [0, 0.05) is 16.8 Å². The number of thiophene rings is 1. The van der Waals surface area contributed by atoms with Crippen LogP contribution in [0.1, 0.15) is 34.1 Å². The molecule has 2 heterocycles. The summed E-state index contributed by atoms with van der Waals surface area (Å²) in [5.74, 6) is 0.170. The van der Waals surface area contributed by atoms with Gasteiger partial charge in [-0.2, -0.15) is 9.78 Å². The number of amides is 1. The van der Waals surface area contributed by atoms with Crippen molar-refractivity contribution in [2.24, 2.45) is 0 Å². The van der Waals surface area contributed by atoms with Gasteiger partial charge in [0.2, 0.25) is 11.7 Å². The fraction of sp³-hybridized carbons (Fsp3) is 0.241. The second-order valence-corrected chi connectivity index (χ2v) is 9.57. The van der Waals surface area contributed by atoms with Crippen molar-refractivity contribution >= 4 is 45.1 Å². The standard InChI is InChI=1S/C29H29N3O7S/c1-7-39-29(35)25-20-15-40-27(24(20)28(34)32(31-25)19-10-8-16(2)17(3)12-19)30-23(33)11-9-18-13-21(36-4)26(38-6)22(14-18)37-5/h8-15H,7H2,1-6H3,(H,30,33)/b11-9+. The number of rotatable bonds is 9. The number of anilines is 1. The lowest BCUT2D eigenvalue weighted by Crippen LogP contribution is -2.25. The van der Waals surface area contributed by atoms with Crippen molar-refractivity contribution in [1.82, 2.24) is 9.78 Å². The molecule has 10 nitrogen and oxygen atoms in total. The maximum Gasteiger partial charge on any atom is 0.359 e. The number of esters is 1. The molecule has 0 saturated carbocycles. The van der Waals surface area contributed by atoms with E-state index in [9.17, 15) is 14.4 Å². The topological polar surface area (TPSA) is 118 Å². The minimum Gasteiger partial charge on any atom is -0.493 e. The lowest BCUT2D eigenvalue weighted by atomic mass is 10.1. The van der Waals surface area contributed by atoms with Crippen LogP contribution in [0.15, 0.2) is 46.6 Å². The summed E-state index contributed by atoms with van der Waals surface area (Å²) in [4.78, 5) is 39.4. The first-order valence-corrected chi connectivity index (χ1v) is 13.2. The first-order valence-electron chi connectivity index (χ1n) is 12.3. The molecule has 0 unspecified atom stereocenters. The van der Waals surface area contributed by atoms with E-state index in [1.165, 1.54) is 27.4 Å². The van der Waals surface area contributed by atoms with Crippen LogP contribution in [0.3, 0.4) is 0 Å². The van der Waals surface area contributed by atoms with Gasteiger partial charge >= 0.3 is 5.97 Å². The van der Waals surface area contributed by atoms with Crippen LogP contribution in [0.5, 0.6) is 17.2 Å². The zero-order chi connectivity index (χ0) is 29.0. The number of hydrogen-bond acceptors (Lipinski definition) is 9. The highest BCUT2D eigenvalue weighted by Crippen LogP contribution is 2.38. The predicted molar refractivity (Wildman–Crippen MR) is 154 cm³/mol. The van der Waals surface area contributed by atoms with Gasteiger partial charge in [-0.3, -0.25) is 9.59 Å². The second-order valence-electron chi connectivity index (χ2n) is 8.69. The average Bonchev–Trinajstić information content (AvgIpc) is 3.37. The lowest BCUT2D eigenvalue weighted by molar-refractivity contribution is -0.111. The minimum absolute atomic E-state index is 0.0145. The molecule has 0 bridgehead atoms. The molecule has 1 N–H and O–H groups in total. The van der Waals surface area contributed by atoms with E-state index in [4.69, 9.17) is 18.9 Å². The number of nitrogens with zero attached hydrogens (tertiary/aromatic N) is 2. The van der Waals surface area contributed by atoms with Crippen molar-refractivity contribution in [3.63, 3.8) is 0 Å². The maximum atomic E-state index is 13.6. The second kappa shape index (κ2) is 12.0. The van der Waals surface area contributed by atoms with Crippen molar-refractivity contribution in [1.29, 1.82) is 0 Å². The molecular formula is C29H29N3O7S. The van der Waals surface area contributed by atoms with Gasteiger partial charge in [0.1, 0.15) is 5.00 Å². The highest BCUT2D eigenvalue weighted by molar-refractivity contribution is 7.16. The van der Waals surface area contributed by atoms with Crippen LogP contribution in [0.25, 0.3) is 22.5 Å². The van der Waals surface area contributed by atoms with Crippen LogP contribution in [-0.2, 0) is 9.53 Å². The van der Waals surface area contributed by atoms with Crippen LogP contribution in [-0.4, -0.2) is 49.6 Å². The van der Waals surface area contributed by atoms with Gasteiger partial charge in [-0.15, -0.1) is 11.3 Å². The number of benzene rings is 2. The molecule has 40 heavy (non-hydrogen) atoms. The third kappa shape index (κ3) is 5.55. The Bertz CT molecular complexity index is 1660. The molecule has 0 aliphatic carbocycles. The zero-order valence-electron chi connectivity index (χ0n) is 23.0. The molecule has 2 aromatic carbocycles. The number of nitrogens with one attached hydrogen (secondary N) is 1. The minimum atomic E-state index is -0.664. The third-order valence-electron chi connectivity index (χ3n) is 6.21. The smallest absolute Gasteiger partial charge is 0.359 e. The molecule has 0 atom stereocenters. The SMILES string of the molecule is CCOC(=O)c1nn(-c2ccc(C)c(C)c2)c(=O)c2c(NC(=O)/C=C/c3cc(OC)c(OC)c(OC)c3)scc12. The monoisotopic (exact) mass is 563 g/mol. The Balaban J connectivity index is 1.75. The number of methoxy groups -OCH3 is 3. The van der Waals surface area contributed by atoms with Gasteiger partial charge in [0.05, 0.1) is 39.0 Å². The van der Waals surface area contributed by atoms with Crippen LogP contribution < -0.4 is 25.1 Å². The van der Waals surface area contributed by atoms with Crippen molar-refractivity contribution in [2.45, 2.75) is 20.8 Å². The van der Waals surface area contributed by atoms with Crippen molar-refractivity contribution in [3.8, 4) is 22.9 Å². The van der Waals surface area contributed by atoms with Crippen LogP contribution in [0.4, 0.5) is 5.00 Å². The molecular weight excluding hydrogens is 534 g/mol. The van der Waals surface area contributed by atoms with E-state index >= 15 is 0 Å². The van der Waals surface area contributed by atoms with E-state index in [-0.39, 0.29) is 22.7 Å². The molecule has 11 heteroatoms. The molecule has 208 valence electrons. The summed E-state index contributed by atoms with van der Waals surface area (Å²) in [6.07, 6.45) is 2.90. The van der Waals surface area contributed by atoms with Gasteiger partial charge in [-0.05, 0) is 67.8 Å². The average molecular weight is 564 g/mol. The molecule has 4 aromatic rings. The van der Waals surface area contributed by atoms with Crippen LogP contribution in [0.2, 0.25) is 0 Å². The molecule has 0 fully saturated rings. The summed E-state index contributed by atoms with van der Waals surface area (Å²) in [5.41, 5.74) is 2.64. The first-order chi connectivity index (χ1) is 19.2. The zero-order valence-corrected chi connectivity index (χ0v) is 23.8. The molecule has 1 amide bonds. The summed E-state index contributed by atoms with van der Waals surface area (Å²) < 4.78 is 22.4. The Morgan fingerprint density at radius 2 is 1.73 bits per heavy atom. The van der Waals surface area contributed by atoms with E-state index in [1.807, 2.05) is 26.0 Å². The van der Waals surface area contributed by atoms with Gasteiger partial charge in [-0.25, -0.2) is 4.79 Å². The van der Waals surface area contributed by atoms with Gasteiger partial charge in [-0.1, -0.05) is 6.07 Å². The van der Waals surface area contributed by atoms with E-state index in [0.29, 0.717) is 33.9 Å². The number of aryl methyl sites for hydroxylation is 2. The first kappa shape index (κ1) is 28.4. The summed E-state index contributed by atoms with van der Waals surface area (Å²) in [6, 6.07) is 8.84. The number of fused-ring (bicyclic) bond motifs is 1. The number of carbonyl (C=O) groups is 2. The van der Waals surface area contributed by atoms with E-state index in [1.54, 1.807) is 36.6 Å². The van der Waals surface area contributed by atoms with Gasteiger partial charge in [0.15, 0.2) is 17.2 Å². The molecule has 4 rings (SSSR count). The molecule has 0 aliphatic heterocycles. The lowest BCUT2D eigenvalue weighted by Gasteiger charge is -2.12. The maximum absolute atomic E-state index is 13.6. The fourth-order valence-corrected chi connectivity index (χ4v) is 4.99. The van der Waals surface area contributed by atoms with Crippen LogP contribution in [0, 0.1) is 13.8 Å². The summed E-state index contributed by atoms with van der Waals surface area (Å²) >= 11 is 1.12. The Morgan fingerprint density at radius 1 is 1.02 bits per heavy atom. The highest BCUT2D eigenvalue weighted by Gasteiger charge is 2.23. The van der Waals surface area contributed by atoms with Gasteiger partial charge in [0.25, 0.3) is 5.56 Å². The van der Waals surface area contributed by atoms with Crippen molar-refractivity contribution in [2.75, 3.05) is 33.3 Å². The third-order valence-corrected chi connectivity index (χ3v) is 7.10. The highest BCUT2D eigenvalue weighted by atomic mass is 32.1. The molecule has 0 aliphatic rings. The molecule has 2 aromatic heterocycles. The number of aromatic nitrogens is 2. The number of ether oxygens (including phenoxy) is 4. The quantitative estimate of drug-likeness (QED) is 0.225. The fourth-order valence-electron chi connectivity index (χ4n) is 4.05. The Kier molecular flexibility index (Phi) is 8.54. The number of carbonyl (C=O) groups excluding carboxylic acids is 2. The Morgan fingerprint density at radius 3 is 2.33 bits per heavy atom. The van der Waals surface area contributed by atoms with Crippen LogP contribution >= 0.6 is 11.3 Å². The van der Waals surface area contributed by atoms with Crippen molar-refractivity contribution < 1.29 is 28.5 Å².